The summed E-state index contributed by atoms with van der Waals surface area (Å²) in [6.07, 6.45) is 0.0297. The predicted molar refractivity (Wildman–Crippen MR) is 74.1 cm³/mol. The van der Waals surface area contributed by atoms with Crippen molar-refractivity contribution in [1.29, 1.82) is 0 Å². The zero-order chi connectivity index (χ0) is 13.8. The lowest BCUT2D eigenvalue weighted by molar-refractivity contribution is 0.0912. The third-order valence-corrected chi connectivity index (χ3v) is 4.19. The highest BCUT2D eigenvalue weighted by Crippen LogP contribution is 2.18. The summed E-state index contributed by atoms with van der Waals surface area (Å²) in [6.45, 7) is 3.94. The Hall–Kier alpha value is -1.27. The van der Waals surface area contributed by atoms with Crippen molar-refractivity contribution in [2.24, 2.45) is 0 Å². The summed E-state index contributed by atoms with van der Waals surface area (Å²) in [6, 6.07) is 6.70. The highest BCUT2D eigenvalue weighted by molar-refractivity contribution is 7.92. The summed E-state index contributed by atoms with van der Waals surface area (Å²) < 4.78 is 30.5. The molecule has 6 heteroatoms. The van der Waals surface area contributed by atoms with E-state index < -0.39 is 10.0 Å². The largest absolute Gasteiger partial charge is 0.399 e. The first-order chi connectivity index (χ1) is 8.33. The van der Waals surface area contributed by atoms with Crippen molar-refractivity contribution in [3.05, 3.63) is 24.3 Å². The average molecular weight is 272 g/mol. The number of hydrogen-bond donors (Lipinski definition) is 1. The summed E-state index contributed by atoms with van der Waals surface area (Å²) in [5.41, 5.74) is 6.76. The molecule has 0 radical (unpaired) electrons. The van der Waals surface area contributed by atoms with E-state index >= 15 is 0 Å². The predicted octanol–water partition coefficient (Wildman–Crippen LogP) is 1.46. The summed E-state index contributed by atoms with van der Waals surface area (Å²) in [7, 11) is -1.83. The summed E-state index contributed by atoms with van der Waals surface area (Å²) >= 11 is 0. The Morgan fingerprint density at radius 1 is 1.28 bits per heavy atom. The zero-order valence-corrected chi connectivity index (χ0v) is 11.8. The van der Waals surface area contributed by atoms with Gasteiger partial charge in [0.05, 0.1) is 24.2 Å². The van der Waals surface area contributed by atoms with E-state index in [-0.39, 0.29) is 18.5 Å². The first-order valence-corrected chi connectivity index (χ1v) is 7.37. The molecule has 2 N–H and O–H groups in total. The maximum Gasteiger partial charge on any atom is 0.237 e. The van der Waals surface area contributed by atoms with Crippen LogP contribution in [-0.4, -0.2) is 33.9 Å². The second kappa shape index (κ2) is 6.06. The molecule has 0 aliphatic carbocycles. The smallest absolute Gasteiger partial charge is 0.237 e. The van der Waals surface area contributed by atoms with Gasteiger partial charge in [0.2, 0.25) is 10.0 Å². The second-order valence-electron chi connectivity index (χ2n) is 4.29. The van der Waals surface area contributed by atoms with Crippen LogP contribution in [0.15, 0.2) is 24.3 Å². The molecule has 0 atom stereocenters. The van der Waals surface area contributed by atoms with Gasteiger partial charge in [0.25, 0.3) is 0 Å². The fraction of sp³-hybridized carbons (Fsp3) is 0.500. The summed E-state index contributed by atoms with van der Waals surface area (Å²) in [4.78, 5) is 0. The Balaban J connectivity index is 2.69. The Labute approximate surface area is 109 Å². The Bertz CT molecular complexity index is 469. The third kappa shape index (κ3) is 4.19. The van der Waals surface area contributed by atoms with E-state index in [1.165, 1.54) is 11.4 Å². The maximum absolute atomic E-state index is 12.0. The molecule has 0 aliphatic rings. The quantitative estimate of drug-likeness (QED) is 0.796. The number of sulfonamides is 1. The highest BCUT2D eigenvalue weighted by atomic mass is 32.2. The van der Waals surface area contributed by atoms with Gasteiger partial charge in [-0.2, -0.15) is 0 Å². The van der Waals surface area contributed by atoms with Crippen LogP contribution in [-0.2, 0) is 14.8 Å². The molecule has 1 aromatic carbocycles. The minimum absolute atomic E-state index is 0.0297. The first-order valence-electron chi connectivity index (χ1n) is 5.76. The molecule has 1 rings (SSSR count). The van der Waals surface area contributed by atoms with Crippen molar-refractivity contribution in [2.75, 3.05) is 29.4 Å². The van der Waals surface area contributed by atoms with Gasteiger partial charge in [-0.1, -0.05) is 0 Å². The molecule has 102 valence electrons. The van der Waals surface area contributed by atoms with Gasteiger partial charge in [0.1, 0.15) is 0 Å². The molecule has 0 aliphatic heterocycles. The molecule has 1 aromatic rings. The third-order valence-electron chi connectivity index (χ3n) is 2.47. The lowest BCUT2D eigenvalue weighted by Crippen LogP contribution is -2.31. The van der Waals surface area contributed by atoms with Crippen LogP contribution < -0.4 is 10.0 Å². The van der Waals surface area contributed by atoms with E-state index in [9.17, 15) is 8.42 Å². The van der Waals surface area contributed by atoms with Crippen LogP contribution in [0, 0.1) is 0 Å². The number of ether oxygens (including phenoxy) is 1. The van der Waals surface area contributed by atoms with Crippen molar-refractivity contribution >= 4 is 21.4 Å². The number of nitrogens with zero attached hydrogens (tertiary/aromatic N) is 1. The lowest BCUT2D eigenvalue weighted by Gasteiger charge is -2.20. The molecule has 0 aromatic heterocycles. The maximum atomic E-state index is 12.0. The van der Waals surface area contributed by atoms with E-state index in [1.54, 1.807) is 24.3 Å². The van der Waals surface area contributed by atoms with E-state index in [4.69, 9.17) is 10.5 Å². The van der Waals surface area contributed by atoms with Crippen molar-refractivity contribution in [1.82, 2.24) is 0 Å². The SMILES string of the molecule is CC(C)OCCS(=O)(=O)N(C)c1ccc(N)cc1. The second-order valence-corrected chi connectivity index (χ2v) is 6.41. The number of benzene rings is 1. The number of rotatable bonds is 6. The van der Waals surface area contributed by atoms with Crippen molar-refractivity contribution in [3.63, 3.8) is 0 Å². The van der Waals surface area contributed by atoms with Crippen LogP contribution in [0.3, 0.4) is 0 Å². The fourth-order valence-electron chi connectivity index (χ4n) is 1.37. The van der Waals surface area contributed by atoms with Gasteiger partial charge in [-0.3, -0.25) is 4.31 Å². The molecule has 5 nitrogen and oxygen atoms in total. The Morgan fingerprint density at radius 3 is 2.33 bits per heavy atom. The van der Waals surface area contributed by atoms with Crippen LogP contribution in [0.5, 0.6) is 0 Å². The normalized spacial score (nSPS) is 11.8. The molecule has 0 heterocycles. The van der Waals surface area contributed by atoms with Crippen LogP contribution in [0.25, 0.3) is 0 Å². The molecular weight excluding hydrogens is 252 g/mol. The number of nitrogen functional groups attached to an aromatic ring is 1. The molecular formula is C12H20N2O3S. The van der Waals surface area contributed by atoms with Crippen molar-refractivity contribution in [2.45, 2.75) is 20.0 Å². The minimum atomic E-state index is -3.35. The van der Waals surface area contributed by atoms with E-state index in [1.807, 2.05) is 13.8 Å². The molecule has 0 bridgehead atoms. The average Bonchev–Trinajstić information content (AvgIpc) is 2.28. The van der Waals surface area contributed by atoms with E-state index in [2.05, 4.69) is 0 Å². The molecule has 0 saturated carbocycles. The Morgan fingerprint density at radius 2 is 1.83 bits per heavy atom. The van der Waals surface area contributed by atoms with Crippen LogP contribution in [0.4, 0.5) is 11.4 Å². The number of hydrogen-bond acceptors (Lipinski definition) is 4. The minimum Gasteiger partial charge on any atom is -0.399 e. The van der Waals surface area contributed by atoms with E-state index in [0.29, 0.717) is 11.4 Å². The monoisotopic (exact) mass is 272 g/mol. The molecule has 0 amide bonds. The molecule has 18 heavy (non-hydrogen) atoms. The molecule has 0 spiro atoms. The van der Waals surface area contributed by atoms with Crippen LogP contribution in [0.2, 0.25) is 0 Å². The van der Waals surface area contributed by atoms with Gasteiger partial charge in [-0.25, -0.2) is 8.42 Å². The van der Waals surface area contributed by atoms with Crippen molar-refractivity contribution < 1.29 is 13.2 Å². The molecule has 0 saturated heterocycles. The van der Waals surface area contributed by atoms with Gasteiger partial charge in [0.15, 0.2) is 0 Å². The van der Waals surface area contributed by atoms with Crippen LogP contribution in [0.1, 0.15) is 13.8 Å². The van der Waals surface area contributed by atoms with Crippen LogP contribution >= 0.6 is 0 Å². The van der Waals surface area contributed by atoms with Gasteiger partial charge in [-0.05, 0) is 38.1 Å². The standard InChI is InChI=1S/C12H20N2O3S/c1-10(2)17-8-9-18(15,16)14(3)12-6-4-11(13)5-7-12/h4-7,10H,8-9,13H2,1-3H3. The topological polar surface area (TPSA) is 72.6 Å². The van der Waals surface area contributed by atoms with E-state index in [0.717, 1.165) is 0 Å². The highest BCUT2D eigenvalue weighted by Gasteiger charge is 2.18. The summed E-state index contributed by atoms with van der Waals surface area (Å²) in [5, 5.41) is 0. The Kier molecular flexibility index (Phi) is 4.98. The zero-order valence-electron chi connectivity index (χ0n) is 11.0. The first kappa shape index (κ1) is 14.8. The van der Waals surface area contributed by atoms with Gasteiger partial charge >= 0.3 is 0 Å². The molecule has 0 unspecified atom stereocenters. The van der Waals surface area contributed by atoms with Gasteiger partial charge < -0.3 is 10.5 Å². The molecule has 0 fully saturated rings. The van der Waals surface area contributed by atoms with Crippen molar-refractivity contribution in [3.8, 4) is 0 Å². The van der Waals surface area contributed by atoms with Gasteiger partial charge in [0, 0.05) is 12.7 Å². The number of anilines is 2. The summed E-state index contributed by atoms with van der Waals surface area (Å²) in [5.74, 6) is -0.0357. The van der Waals surface area contributed by atoms with Gasteiger partial charge in [-0.15, -0.1) is 0 Å². The number of nitrogens with two attached hydrogens (primary N) is 1. The fourth-order valence-corrected chi connectivity index (χ4v) is 2.39. The lowest BCUT2D eigenvalue weighted by atomic mass is 10.3.